The molecule has 19 heavy (non-hydrogen) atoms. The summed E-state index contributed by atoms with van der Waals surface area (Å²) in [5.74, 6) is 1.05. The molecular weight excluding hydrogens is 230 g/mol. The van der Waals surface area contributed by atoms with Crippen LogP contribution in [0.25, 0.3) is 0 Å². The minimum Gasteiger partial charge on any atom is -0.314 e. The van der Waals surface area contributed by atoms with Gasteiger partial charge in [0.1, 0.15) is 0 Å². The number of hydrogen-bond acceptors (Lipinski definition) is 1. The van der Waals surface area contributed by atoms with Crippen LogP contribution in [0.2, 0.25) is 0 Å². The Balaban J connectivity index is 2.11. The molecule has 1 N–H and O–H groups in total. The second-order valence-corrected chi connectivity index (χ2v) is 6.31. The maximum absolute atomic E-state index is 3.80. The Labute approximate surface area is 121 Å². The van der Waals surface area contributed by atoms with Crippen LogP contribution in [0.3, 0.4) is 0 Å². The molecule has 1 fully saturated rings. The maximum Gasteiger partial charge on any atom is 0.00671 e. The van der Waals surface area contributed by atoms with Crippen molar-refractivity contribution >= 4 is 0 Å². The summed E-state index contributed by atoms with van der Waals surface area (Å²) in [5.41, 5.74) is 0. The first-order valence-electron chi connectivity index (χ1n) is 8.71. The van der Waals surface area contributed by atoms with Gasteiger partial charge in [-0.3, -0.25) is 0 Å². The van der Waals surface area contributed by atoms with Gasteiger partial charge in [-0.05, 0) is 51.0 Å². The summed E-state index contributed by atoms with van der Waals surface area (Å²) in [6.07, 6.45) is 18.8. The standard InChI is InChI=1S/C18H35N/c1-3-5-6-7-8-13-18(19-16-4-2)15-14-17-11-9-10-12-17/h3,17-19H,1,4-16H2,2H3. The van der Waals surface area contributed by atoms with E-state index in [0.717, 1.165) is 12.0 Å². The van der Waals surface area contributed by atoms with Crippen LogP contribution in [0.5, 0.6) is 0 Å². The quantitative estimate of drug-likeness (QED) is 0.365. The summed E-state index contributed by atoms with van der Waals surface area (Å²) < 4.78 is 0. The van der Waals surface area contributed by atoms with Gasteiger partial charge >= 0.3 is 0 Å². The second kappa shape index (κ2) is 11.5. The van der Waals surface area contributed by atoms with Gasteiger partial charge in [-0.25, -0.2) is 0 Å². The third kappa shape index (κ3) is 8.47. The molecule has 1 rings (SSSR count). The summed E-state index contributed by atoms with van der Waals surface area (Å²) in [6.45, 7) is 7.26. The van der Waals surface area contributed by atoms with E-state index in [1.54, 1.807) is 0 Å². The second-order valence-electron chi connectivity index (χ2n) is 6.31. The summed E-state index contributed by atoms with van der Waals surface area (Å²) in [7, 11) is 0. The van der Waals surface area contributed by atoms with Gasteiger partial charge in [0.2, 0.25) is 0 Å². The lowest BCUT2D eigenvalue weighted by Crippen LogP contribution is -2.30. The lowest BCUT2D eigenvalue weighted by atomic mass is 9.95. The van der Waals surface area contributed by atoms with Crippen molar-refractivity contribution in [1.29, 1.82) is 0 Å². The third-order valence-corrected chi connectivity index (χ3v) is 4.54. The molecule has 1 atom stereocenters. The van der Waals surface area contributed by atoms with Crippen molar-refractivity contribution < 1.29 is 0 Å². The van der Waals surface area contributed by atoms with Crippen molar-refractivity contribution in [2.75, 3.05) is 6.54 Å². The van der Waals surface area contributed by atoms with Gasteiger partial charge in [0.25, 0.3) is 0 Å². The van der Waals surface area contributed by atoms with E-state index in [0.29, 0.717) is 0 Å². The largest absolute Gasteiger partial charge is 0.314 e. The highest BCUT2D eigenvalue weighted by molar-refractivity contribution is 4.73. The molecular formula is C18H35N. The molecule has 0 bridgehead atoms. The molecule has 1 saturated carbocycles. The zero-order valence-electron chi connectivity index (χ0n) is 13.1. The third-order valence-electron chi connectivity index (χ3n) is 4.54. The van der Waals surface area contributed by atoms with E-state index >= 15 is 0 Å². The number of hydrogen-bond donors (Lipinski definition) is 1. The molecule has 0 aromatic heterocycles. The Morgan fingerprint density at radius 3 is 2.63 bits per heavy atom. The molecule has 0 radical (unpaired) electrons. The van der Waals surface area contributed by atoms with Gasteiger partial charge in [0, 0.05) is 6.04 Å². The van der Waals surface area contributed by atoms with Crippen molar-refractivity contribution in [3.05, 3.63) is 12.7 Å². The molecule has 0 amide bonds. The Morgan fingerprint density at radius 2 is 1.95 bits per heavy atom. The molecule has 1 aliphatic carbocycles. The highest BCUT2D eigenvalue weighted by Gasteiger charge is 2.16. The smallest absolute Gasteiger partial charge is 0.00671 e. The van der Waals surface area contributed by atoms with E-state index in [1.165, 1.54) is 83.6 Å². The Bertz CT molecular complexity index is 206. The molecule has 0 aromatic carbocycles. The normalized spacial score (nSPS) is 17.7. The molecule has 0 aliphatic heterocycles. The lowest BCUT2D eigenvalue weighted by Gasteiger charge is -2.20. The molecule has 112 valence electrons. The van der Waals surface area contributed by atoms with Crippen molar-refractivity contribution in [3.63, 3.8) is 0 Å². The Morgan fingerprint density at radius 1 is 1.16 bits per heavy atom. The molecule has 1 unspecified atom stereocenters. The average Bonchev–Trinajstić information content (AvgIpc) is 2.94. The highest BCUT2D eigenvalue weighted by Crippen LogP contribution is 2.29. The van der Waals surface area contributed by atoms with E-state index in [9.17, 15) is 0 Å². The fourth-order valence-corrected chi connectivity index (χ4v) is 3.29. The van der Waals surface area contributed by atoms with Crippen LogP contribution < -0.4 is 5.32 Å². The van der Waals surface area contributed by atoms with Gasteiger partial charge in [-0.2, -0.15) is 0 Å². The van der Waals surface area contributed by atoms with Crippen LogP contribution in [0.1, 0.15) is 84.0 Å². The number of unbranched alkanes of at least 4 members (excludes halogenated alkanes) is 3. The SMILES string of the molecule is C=CCCCCCC(CCC1CCCC1)NCCC. The minimum absolute atomic E-state index is 0.782. The van der Waals surface area contributed by atoms with Crippen LogP contribution in [-0.2, 0) is 0 Å². The predicted molar refractivity (Wildman–Crippen MR) is 86.6 cm³/mol. The zero-order chi connectivity index (χ0) is 13.8. The molecule has 1 aliphatic rings. The van der Waals surface area contributed by atoms with E-state index in [-0.39, 0.29) is 0 Å². The number of allylic oxidation sites excluding steroid dienone is 1. The fourth-order valence-electron chi connectivity index (χ4n) is 3.29. The van der Waals surface area contributed by atoms with Crippen LogP contribution in [-0.4, -0.2) is 12.6 Å². The Hall–Kier alpha value is -0.300. The fraction of sp³-hybridized carbons (Fsp3) is 0.889. The highest BCUT2D eigenvalue weighted by atomic mass is 14.9. The Kier molecular flexibility index (Phi) is 10.2. The minimum atomic E-state index is 0.782. The van der Waals surface area contributed by atoms with Gasteiger partial charge in [-0.1, -0.05) is 51.5 Å². The molecule has 1 heteroatoms. The van der Waals surface area contributed by atoms with E-state index in [1.807, 2.05) is 6.08 Å². The maximum atomic E-state index is 3.80. The first-order chi connectivity index (χ1) is 9.36. The monoisotopic (exact) mass is 265 g/mol. The van der Waals surface area contributed by atoms with Crippen LogP contribution in [0, 0.1) is 5.92 Å². The summed E-state index contributed by atoms with van der Waals surface area (Å²) >= 11 is 0. The van der Waals surface area contributed by atoms with Gasteiger partial charge in [0.15, 0.2) is 0 Å². The summed E-state index contributed by atoms with van der Waals surface area (Å²) in [4.78, 5) is 0. The summed E-state index contributed by atoms with van der Waals surface area (Å²) in [6, 6.07) is 0.782. The number of rotatable bonds is 12. The van der Waals surface area contributed by atoms with Crippen molar-refractivity contribution in [2.24, 2.45) is 5.92 Å². The lowest BCUT2D eigenvalue weighted by molar-refractivity contribution is 0.380. The van der Waals surface area contributed by atoms with Crippen LogP contribution in [0.15, 0.2) is 12.7 Å². The summed E-state index contributed by atoms with van der Waals surface area (Å²) in [5, 5.41) is 3.76. The van der Waals surface area contributed by atoms with Gasteiger partial charge in [0.05, 0.1) is 0 Å². The zero-order valence-corrected chi connectivity index (χ0v) is 13.1. The van der Waals surface area contributed by atoms with Crippen LogP contribution in [0.4, 0.5) is 0 Å². The molecule has 0 aromatic rings. The molecule has 0 saturated heterocycles. The topological polar surface area (TPSA) is 12.0 Å². The predicted octanol–water partition coefficient (Wildman–Crippen LogP) is 5.46. The molecule has 0 spiro atoms. The van der Waals surface area contributed by atoms with Gasteiger partial charge in [-0.15, -0.1) is 6.58 Å². The average molecular weight is 265 g/mol. The van der Waals surface area contributed by atoms with Crippen molar-refractivity contribution in [3.8, 4) is 0 Å². The number of nitrogens with one attached hydrogen (secondary N) is 1. The van der Waals surface area contributed by atoms with Crippen molar-refractivity contribution in [1.82, 2.24) is 5.32 Å². The van der Waals surface area contributed by atoms with Crippen LogP contribution >= 0.6 is 0 Å². The van der Waals surface area contributed by atoms with E-state index in [4.69, 9.17) is 0 Å². The van der Waals surface area contributed by atoms with E-state index < -0.39 is 0 Å². The molecule has 0 heterocycles. The van der Waals surface area contributed by atoms with Gasteiger partial charge < -0.3 is 5.32 Å². The first kappa shape index (κ1) is 16.8. The first-order valence-corrected chi connectivity index (χ1v) is 8.71. The molecule has 1 nitrogen and oxygen atoms in total. The van der Waals surface area contributed by atoms with E-state index in [2.05, 4.69) is 18.8 Å². The van der Waals surface area contributed by atoms with Crippen molar-refractivity contribution in [2.45, 2.75) is 90.0 Å².